The average Bonchev–Trinajstić information content (AvgIpc) is 3.38. The molecule has 3 aromatic heterocycles. The highest BCUT2D eigenvalue weighted by Crippen LogP contribution is 2.35. The molecule has 0 saturated heterocycles. The normalized spacial score (nSPS) is 16.2. The second-order valence-corrected chi connectivity index (χ2v) is 7.83. The zero-order chi connectivity index (χ0) is 19.3. The predicted molar refractivity (Wildman–Crippen MR) is 111 cm³/mol. The Kier molecular flexibility index (Phi) is 4.16. The average molecular weight is 392 g/mol. The molecule has 3 heterocycles. The Morgan fingerprint density at radius 3 is 2.86 bits per heavy atom. The molecule has 0 bridgehead atoms. The van der Waals surface area contributed by atoms with Gasteiger partial charge in [0, 0.05) is 6.04 Å². The summed E-state index contributed by atoms with van der Waals surface area (Å²) in [5, 5.41) is 0.220. The molecule has 4 aromatic rings. The molecule has 5 rings (SSSR count). The number of aryl methyl sites for hydroxylation is 1. The molecule has 28 heavy (non-hydrogen) atoms. The van der Waals surface area contributed by atoms with Gasteiger partial charge in [-0.1, -0.05) is 25.0 Å². The highest BCUT2D eigenvalue weighted by Gasteiger charge is 2.28. The summed E-state index contributed by atoms with van der Waals surface area (Å²) in [5.41, 5.74) is 3.63. The maximum absolute atomic E-state index is 13.5. The first-order valence-electron chi connectivity index (χ1n) is 9.49. The van der Waals surface area contributed by atoms with Gasteiger partial charge < -0.3 is 4.98 Å². The lowest BCUT2D eigenvalue weighted by Crippen LogP contribution is -2.30. The number of benzene rings is 1. The van der Waals surface area contributed by atoms with Gasteiger partial charge in [0.1, 0.15) is 22.9 Å². The van der Waals surface area contributed by atoms with E-state index in [1.165, 1.54) is 6.33 Å². The van der Waals surface area contributed by atoms with E-state index in [2.05, 4.69) is 19.9 Å². The Hall–Kier alpha value is -2.74. The number of aromatic nitrogens is 6. The molecule has 1 N–H and O–H groups in total. The Bertz CT molecular complexity index is 1240. The Morgan fingerprint density at radius 1 is 1.21 bits per heavy atom. The standard InChI is InChI=1S/C20H20N6OS/c1-11-5-4-8-13-14(11)20(27)26(12-6-2-3-7-12)19(25-13)17(28)15-16-18(23-9-21-15)24-10-22-16/h4-5,8-10,12,17,28H,2-3,6-7H2,1H3,(H,21,22,23,24). The van der Waals surface area contributed by atoms with Gasteiger partial charge in [-0.2, -0.15) is 12.6 Å². The van der Waals surface area contributed by atoms with Crippen LogP contribution in [0.2, 0.25) is 0 Å². The highest BCUT2D eigenvalue weighted by atomic mass is 32.1. The maximum Gasteiger partial charge on any atom is 0.261 e. The molecule has 0 aliphatic heterocycles. The summed E-state index contributed by atoms with van der Waals surface area (Å²) >= 11 is 4.86. The summed E-state index contributed by atoms with van der Waals surface area (Å²) in [6.07, 6.45) is 7.27. The molecular formula is C20H20N6OS. The van der Waals surface area contributed by atoms with Crippen LogP contribution in [0.4, 0.5) is 0 Å². The second-order valence-electron chi connectivity index (χ2n) is 7.32. The molecule has 0 radical (unpaired) electrons. The zero-order valence-electron chi connectivity index (χ0n) is 15.5. The molecule has 142 valence electrons. The van der Waals surface area contributed by atoms with Gasteiger partial charge in [0.05, 0.1) is 22.9 Å². The monoisotopic (exact) mass is 392 g/mol. The third-order valence-electron chi connectivity index (χ3n) is 5.61. The third kappa shape index (κ3) is 2.63. The lowest BCUT2D eigenvalue weighted by Gasteiger charge is -2.22. The van der Waals surface area contributed by atoms with Crippen LogP contribution in [0.25, 0.3) is 22.1 Å². The first-order chi connectivity index (χ1) is 13.6. The molecule has 0 amide bonds. The van der Waals surface area contributed by atoms with Gasteiger partial charge >= 0.3 is 0 Å². The second kappa shape index (κ2) is 6.70. The summed E-state index contributed by atoms with van der Waals surface area (Å²) in [7, 11) is 0. The van der Waals surface area contributed by atoms with Crippen molar-refractivity contribution in [3.8, 4) is 0 Å². The number of thiol groups is 1. The zero-order valence-corrected chi connectivity index (χ0v) is 16.4. The summed E-state index contributed by atoms with van der Waals surface area (Å²) < 4.78 is 1.87. The van der Waals surface area contributed by atoms with Crippen molar-refractivity contribution < 1.29 is 0 Å². The van der Waals surface area contributed by atoms with Gasteiger partial charge in [-0.3, -0.25) is 9.36 Å². The van der Waals surface area contributed by atoms with E-state index in [-0.39, 0.29) is 11.6 Å². The molecule has 7 nitrogen and oxygen atoms in total. The number of fused-ring (bicyclic) bond motifs is 2. The minimum absolute atomic E-state index is 0.0129. The van der Waals surface area contributed by atoms with Gasteiger partial charge in [-0.05, 0) is 31.4 Å². The van der Waals surface area contributed by atoms with Crippen molar-refractivity contribution in [2.24, 2.45) is 0 Å². The van der Waals surface area contributed by atoms with E-state index in [0.717, 1.165) is 36.8 Å². The number of hydrogen-bond acceptors (Lipinski definition) is 6. The molecule has 1 unspecified atom stereocenters. The van der Waals surface area contributed by atoms with Crippen molar-refractivity contribution in [1.29, 1.82) is 0 Å². The molecule has 1 aliphatic carbocycles. The molecular weight excluding hydrogens is 372 g/mol. The molecule has 1 atom stereocenters. The van der Waals surface area contributed by atoms with Gasteiger partial charge in [0.25, 0.3) is 5.56 Å². The van der Waals surface area contributed by atoms with Crippen LogP contribution in [0.5, 0.6) is 0 Å². The molecule has 1 fully saturated rings. The van der Waals surface area contributed by atoms with Gasteiger partial charge in [0.2, 0.25) is 0 Å². The Labute approximate surface area is 166 Å². The Morgan fingerprint density at radius 2 is 2.04 bits per heavy atom. The van der Waals surface area contributed by atoms with Crippen molar-refractivity contribution in [2.45, 2.75) is 43.9 Å². The van der Waals surface area contributed by atoms with Crippen LogP contribution < -0.4 is 5.56 Å². The van der Waals surface area contributed by atoms with E-state index in [1.54, 1.807) is 6.33 Å². The summed E-state index contributed by atoms with van der Waals surface area (Å²) in [6, 6.07) is 5.92. The fraction of sp³-hybridized carbons (Fsp3) is 0.350. The van der Waals surface area contributed by atoms with Crippen LogP contribution in [-0.2, 0) is 0 Å². The highest BCUT2D eigenvalue weighted by molar-refractivity contribution is 7.80. The third-order valence-corrected chi connectivity index (χ3v) is 6.09. The minimum Gasteiger partial charge on any atom is -0.342 e. The van der Waals surface area contributed by atoms with E-state index >= 15 is 0 Å². The predicted octanol–water partition coefficient (Wildman–Crippen LogP) is 3.51. The van der Waals surface area contributed by atoms with Crippen molar-refractivity contribution in [3.63, 3.8) is 0 Å². The molecule has 0 spiro atoms. The number of H-pyrrole nitrogens is 1. The van der Waals surface area contributed by atoms with E-state index in [9.17, 15) is 4.79 Å². The van der Waals surface area contributed by atoms with Crippen LogP contribution in [-0.4, -0.2) is 29.5 Å². The van der Waals surface area contributed by atoms with Crippen LogP contribution in [0, 0.1) is 6.92 Å². The van der Waals surface area contributed by atoms with Crippen LogP contribution in [0.1, 0.15) is 54.1 Å². The van der Waals surface area contributed by atoms with Gasteiger partial charge in [-0.25, -0.2) is 19.9 Å². The molecule has 1 aromatic carbocycles. The van der Waals surface area contributed by atoms with E-state index in [1.807, 2.05) is 29.7 Å². The van der Waals surface area contributed by atoms with Crippen molar-refractivity contribution in [3.05, 3.63) is 58.3 Å². The quantitative estimate of drug-likeness (QED) is 0.521. The Balaban J connectivity index is 1.79. The lowest BCUT2D eigenvalue weighted by molar-refractivity contribution is 0.479. The van der Waals surface area contributed by atoms with E-state index in [4.69, 9.17) is 17.6 Å². The van der Waals surface area contributed by atoms with Crippen LogP contribution in [0.15, 0.2) is 35.6 Å². The summed E-state index contributed by atoms with van der Waals surface area (Å²) in [6.45, 7) is 1.96. The number of nitrogens with one attached hydrogen (secondary N) is 1. The fourth-order valence-electron chi connectivity index (χ4n) is 4.25. The van der Waals surface area contributed by atoms with Crippen molar-refractivity contribution in [1.82, 2.24) is 29.5 Å². The molecule has 1 aliphatic rings. The smallest absolute Gasteiger partial charge is 0.261 e. The SMILES string of the molecule is Cc1cccc2nc(C(S)c3ncnc4nc[nH]c34)n(C3CCCC3)c(=O)c12. The number of aromatic amines is 1. The maximum atomic E-state index is 13.5. The summed E-state index contributed by atoms with van der Waals surface area (Å²) in [4.78, 5) is 34.4. The van der Waals surface area contributed by atoms with E-state index in [0.29, 0.717) is 28.1 Å². The van der Waals surface area contributed by atoms with Crippen molar-refractivity contribution in [2.75, 3.05) is 0 Å². The summed E-state index contributed by atoms with van der Waals surface area (Å²) in [5.74, 6) is 0.632. The molecule has 1 saturated carbocycles. The van der Waals surface area contributed by atoms with Crippen LogP contribution in [0.3, 0.4) is 0 Å². The molecule has 8 heteroatoms. The van der Waals surface area contributed by atoms with Crippen LogP contribution >= 0.6 is 12.6 Å². The first kappa shape index (κ1) is 17.4. The van der Waals surface area contributed by atoms with Gasteiger partial charge in [-0.15, -0.1) is 0 Å². The van der Waals surface area contributed by atoms with E-state index < -0.39 is 5.25 Å². The lowest BCUT2D eigenvalue weighted by atomic mass is 10.1. The minimum atomic E-state index is -0.468. The van der Waals surface area contributed by atoms with Crippen molar-refractivity contribution >= 4 is 34.7 Å². The number of rotatable bonds is 3. The first-order valence-corrected chi connectivity index (χ1v) is 10.0. The fourth-order valence-corrected chi connectivity index (χ4v) is 4.62. The number of imidazole rings is 1. The van der Waals surface area contributed by atoms with Gasteiger partial charge in [0.15, 0.2) is 5.65 Å². The number of hydrogen-bond donors (Lipinski definition) is 2. The largest absolute Gasteiger partial charge is 0.342 e. The topological polar surface area (TPSA) is 89.3 Å². The number of nitrogens with zero attached hydrogens (tertiary/aromatic N) is 5.